The highest BCUT2D eigenvalue weighted by Crippen LogP contribution is 2.46. The summed E-state index contributed by atoms with van der Waals surface area (Å²) in [7, 11) is 0. The molecule has 0 amide bonds. The number of esters is 3. The van der Waals surface area contributed by atoms with Crippen LogP contribution < -0.4 is 5.32 Å². The third-order valence-electron chi connectivity index (χ3n) is 6.57. The van der Waals surface area contributed by atoms with E-state index in [0.717, 1.165) is 6.92 Å². The molecule has 0 aromatic heterocycles. The highest BCUT2D eigenvalue weighted by atomic mass is 19.4. The van der Waals surface area contributed by atoms with Crippen LogP contribution in [0.5, 0.6) is 0 Å². The van der Waals surface area contributed by atoms with Crippen LogP contribution in [0.15, 0.2) is 0 Å². The number of hydrogen-bond acceptors (Lipinski definition) is 9. The van der Waals surface area contributed by atoms with Gasteiger partial charge in [-0.05, 0) is 60.8 Å². The molecule has 0 aromatic carbocycles. The number of carbonyl (C=O) groups excluding carboxylic acids is 3. The minimum Gasteiger partial charge on any atom is -0.464 e. The smallest absolute Gasteiger partial charge is 0.401 e. The van der Waals surface area contributed by atoms with Crippen LogP contribution in [0.3, 0.4) is 0 Å². The van der Waals surface area contributed by atoms with Crippen LogP contribution >= 0.6 is 0 Å². The lowest BCUT2D eigenvalue weighted by molar-refractivity contribution is -0.173. The van der Waals surface area contributed by atoms with Crippen molar-refractivity contribution in [2.24, 2.45) is 16.2 Å². The second-order valence-electron chi connectivity index (χ2n) is 11.6. The van der Waals surface area contributed by atoms with Gasteiger partial charge in [-0.25, -0.2) is 8.78 Å². The number of halogens is 5. The lowest BCUT2D eigenvalue weighted by atomic mass is 9.65. The van der Waals surface area contributed by atoms with Crippen LogP contribution in [0, 0.1) is 16.2 Å². The van der Waals surface area contributed by atoms with Crippen molar-refractivity contribution in [3.8, 4) is 0 Å². The predicted molar refractivity (Wildman–Crippen MR) is 134 cm³/mol. The highest BCUT2D eigenvalue weighted by molar-refractivity contribution is 5.82. The van der Waals surface area contributed by atoms with Crippen molar-refractivity contribution in [1.82, 2.24) is 5.32 Å². The summed E-state index contributed by atoms with van der Waals surface area (Å²) >= 11 is 0. The quantitative estimate of drug-likeness (QED) is 0.0940. The molecule has 0 rings (SSSR count). The molecule has 0 aliphatic rings. The van der Waals surface area contributed by atoms with Gasteiger partial charge in [0.15, 0.2) is 0 Å². The van der Waals surface area contributed by atoms with Gasteiger partial charge >= 0.3 is 24.1 Å². The van der Waals surface area contributed by atoms with E-state index in [9.17, 15) is 41.4 Å². The SMILES string of the molecule is CCC(C)(CC(C)(CC(C)(C)C(=O)OCCO)C(=O)OCCNCC(F)(F)F)C(=O)OC(C)CC(C)(O)C(F)F. The third kappa shape index (κ3) is 12.6. The molecule has 0 heterocycles. The van der Waals surface area contributed by atoms with Crippen LogP contribution in [0.4, 0.5) is 22.0 Å². The number of rotatable bonds is 18. The first kappa shape index (κ1) is 37.9. The molecule has 14 heteroatoms. The van der Waals surface area contributed by atoms with Crippen molar-refractivity contribution in [2.75, 3.05) is 32.9 Å². The molecule has 0 saturated carbocycles. The first-order valence-electron chi connectivity index (χ1n) is 13.0. The molecule has 40 heavy (non-hydrogen) atoms. The number of ether oxygens (including phenoxy) is 3. The molecule has 0 radical (unpaired) electrons. The monoisotopic (exact) mass is 593 g/mol. The predicted octanol–water partition coefficient (Wildman–Crippen LogP) is 3.78. The zero-order valence-electron chi connectivity index (χ0n) is 24.3. The summed E-state index contributed by atoms with van der Waals surface area (Å²) in [5.41, 5.74) is -6.68. The fourth-order valence-corrected chi connectivity index (χ4v) is 4.45. The molecule has 0 saturated heterocycles. The van der Waals surface area contributed by atoms with E-state index in [4.69, 9.17) is 19.3 Å². The zero-order chi connectivity index (χ0) is 31.6. The molecule has 4 unspecified atom stereocenters. The maximum Gasteiger partial charge on any atom is 0.401 e. The topological polar surface area (TPSA) is 131 Å². The van der Waals surface area contributed by atoms with Gasteiger partial charge in [0.2, 0.25) is 0 Å². The van der Waals surface area contributed by atoms with Gasteiger partial charge in [-0.2, -0.15) is 13.2 Å². The molecule has 0 aliphatic heterocycles. The molecule has 3 N–H and O–H groups in total. The average Bonchev–Trinajstić information content (AvgIpc) is 2.80. The van der Waals surface area contributed by atoms with E-state index in [1.165, 1.54) is 34.6 Å². The molecular formula is C26H44F5NO8. The van der Waals surface area contributed by atoms with Gasteiger partial charge in [-0.15, -0.1) is 0 Å². The molecule has 0 aromatic rings. The second-order valence-corrected chi connectivity index (χ2v) is 11.6. The Morgan fingerprint density at radius 2 is 1.43 bits per heavy atom. The average molecular weight is 594 g/mol. The van der Waals surface area contributed by atoms with Crippen LogP contribution in [0.2, 0.25) is 0 Å². The van der Waals surface area contributed by atoms with Crippen LogP contribution in [0.25, 0.3) is 0 Å². The molecule has 4 atom stereocenters. The number of aliphatic hydroxyl groups is 2. The van der Waals surface area contributed by atoms with Crippen molar-refractivity contribution in [2.45, 2.75) is 98.5 Å². The molecular weight excluding hydrogens is 549 g/mol. The van der Waals surface area contributed by atoms with Crippen molar-refractivity contribution in [3.63, 3.8) is 0 Å². The summed E-state index contributed by atoms with van der Waals surface area (Å²) in [6, 6.07) is 0. The van der Waals surface area contributed by atoms with E-state index in [1.54, 1.807) is 6.92 Å². The van der Waals surface area contributed by atoms with Crippen molar-refractivity contribution < 1.29 is 60.8 Å². The van der Waals surface area contributed by atoms with Crippen molar-refractivity contribution in [3.05, 3.63) is 0 Å². The van der Waals surface area contributed by atoms with Gasteiger partial charge in [-0.3, -0.25) is 14.4 Å². The fraction of sp³-hybridized carbons (Fsp3) is 0.885. The lowest BCUT2D eigenvalue weighted by Gasteiger charge is -2.40. The maximum absolute atomic E-state index is 13.3. The normalized spacial score (nSPS) is 17.8. The molecule has 0 aliphatic carbocycles. The molecule has 236 valence electrons. The molecule has 0 bridgehead atoms. The molecule has 0 fully saturated rings. The van der Waals surface area contributed by atoms with Crippen LogP contribution in [-0.2, 0) is 28.6 Å². The van der Waals surface area contributed by atoms with E-state index < -0.39 is 84.6 Å². The Labute approximate surface area is 232 Å². The number of carbonyl (C=O) groups is 3. The summed E-state index contributed by atoms with van der Waals surface area (Å²) in [5.74, 6) is -2.46. The van der Waals surface area contributed by atoms with E-state index in [0.29, 0.717) is 0 Å². The van der Waals surface area contributed by atoms with Crippen LogP contribution in [-0.4, -0.2) is 85.3 Å². The number of aliphatic hydroxyl groups excluding tert-OH is 1. The summed E-state index contributed by atoms with van der Waals surface area (Å²) in [6.07, 6.45) is -9.52. The standard InChI is InChI=1S/C26H44F5NO8/c1-8-23(5,21(36)40-17(2)13-25(7,37)18(27)28)15-24(6,14-22(3,4)19(34)39-12-10-33)20(35)38-11-9-32-16-26(29,30)31/h17-18,32-33,37H,8-16H2,1-7H3. The third-order valence-corrected chi connectivity index (χ3v) is 6.57. The molecule has 0 spiro atoms. The maximum atomic E-state index is 13.3. The Hall–Kier alpha value is -2.06. The summed E-state index contributed by atoms with van der Waals surface area (Å²) in [6.45, 7) is 7.05. The van der Waals surface area contributed by atoms with Crippen molar-refractivity contribution in [1.29, 1.82) is 0 Å². The second kappa shape index (κ2) is 15.2. The largest absolute Gasteiger partial charge is 0.464 e. The van der Waals surface area contributed by atoms with Gasteiger partial charge in [0.05, 0.1) is 29.4 Å². The Balaban J connectivity index is 5.94. The Kier molecular flexibility index (Phi) is 14.5. The summed E-state index contributed by atoms with van der Waals surface area (Å²) < 4.78 is 78.9. The fourth-order valence-electron chi connectivity index (χ4n) is 4.45. The van der Waals surface area contributed by atoms with E-state index in [2.05, 4.69) is 5.32 Å². The van der Waals surface area contributed by atoms with Gasteiger partial charge in [0.25, 0.3) is 6.43 Å². The Morgan fingerprint density at radius 1 is 0.875 bits per heavy atom. The van der Waals surface area contributed by atoms with Gasteiger partial charge in [0.1, 0.15) is 24.9 Å². The molecule has 9 nitrogen and oxygen atoms in total. The number of nitrogens with one attached hydrogen (secondary N) is 1. The summed E-state index contributed by atoms with van der Waals surface area (Å²) in [4.78, 5) is 39.2. The highest BCUT2D eigenvalue weighted by Gasteiger charge is 2.50. The first-order chi connectivity index (χ1) is 18.0. The minimum absolute atomic E-state index is 0.120. The van der Waals surface area contributed by atoms with Crippen molar-refractivity contribution >= 4 is 17.9 Å². The zero-order valence-corrected chi connectivity index (χ0v) is 24.3. The van der Waals surface area contributed by atoms with E-state index >= 15 is 0 Å². The first-order valence-corrected chi connectivity index (χ1v) is 13.0. The number of alkyl halides is 5. The Morgan fingerprint density at radius 3 is 1.90 bits per heavy atom. The van der Waals surface area contributed by atoms with Gasteiger partial charge in [0, 0.05) is 13.0 Å². The van der Waals surface area contributed by atoms with Crippen LogP contribution in [0.1, 0.15) is 74.1 Å². The van der Waals surface area contributed by atoms with E-state index in [-0.39, 0.29) is 32.4 Å². The van der Waals surface area contributed by atoms with Gasteiger partial charge < -0.3 is 29.7 Å². The van der Waals surface area contributed by atoms with Gasteiger partial charge in [-0.1, -0.05) is 6.92 Å². The van der Waals surface area contributed by atoms with E-state index in [1.807, 2.05) is 0 Å². The summed E-state index contributed by atoms with van der Waals surface area (Å²) in [5, 5.41) is 20.9. The number of hydrogen-bond donors (Lipinski definition) is 3. The Bertz CT molecular complexity index is 836. The minimum atomic E-state index is -4.46. The lowest BCUT2D eigenvalue weighted by Crippen LogP contribution is -2.45.